The third kappa shape index (κ3) is 1.54. The summed E-state index contributed by atoms with van der Waals surface area (Å²) in [6.45, 7) is 0. The molecule has 0 saturated heterocycles. The lowest BCUT2D eigenvalue weighted by molar-refractivity contribution is 0.427. The molecule has 16 heavy (non-hydrogen) atoms. The van der Waals surface area contributed by atoms with Crippen molar-refractivity contribution >= 4 is 5.82 Å². The molecule has 0 unspecified atom stereocenters. The predicted octanol–water partition coefficient (Wildman–Crippen LogP) is 1.64. The number of nitrogen functional groups attached to an aromatic ring is 1. The van der Waals surface area contributed by atoms with Gasteiger partial charge in [-0.05, 0) is 12.1 Å². The van der Waals surface area contributed by atoms with Gasteiger partial charge >= 0.3 is 0 Å². The van der Waals surface area contributed by atoms with Crippen molar-refractivity contribution in [3.63, 3.8) is 0 Å². The quantitative estimate of drug-likeness (QED) is 0.759. The lowest BCUT2D eigenvalue weighted by Gasteiger charge is -2.00. The average Bonchev–Trinajstić information content (AvgIpc) is 2.69. The summed E-state index contributed by atoms with van der Waals surface area (Å²) in [6.07, 6.45) is 0. The smallest absolute Gasteiger partial charge is 0.169 e. The summed E-state index contributed by atoms with van der Waals surface area (Å²) in [5.41, 5.74) is 5.45. The van der Waals surface area contributed by atoms with Crippen LogP contribution in [0.5, 0.6) is 5.75 Å². The van der Waals surface area contributed by atoms with Gasteiger partial charge in [-0.1, -0.05) is 5.16 Å². The van der Waals surface area contributed by atoms with Gasteiger partial charge < -0.3 is 15.4 Å². The number of nitrogens with zero attached hydrogens (tertiary/aromatic N) is 2. The van der Waals surface area contributed by atoms with Gasteiger partial charge in [0.05, 0.1) is 5.56 Å². The Kier molecular flexibility index (Phi) is 2.21. The molecule has 80 valence electrons. The Morgan fingerprint density at radius 2 is 2.19 bits per heavy atom. The highest BCUT2D eigenvalue weighted by atomic mass is 19.1. The molecule has 0 radical (unpaired) electrons. The molecule has 3 N–H and O–H groups in total. The Labute approximate surface area is 89.5 Å². The van der Waals surface area contributed by atoms with E-state index in [0.29, 0.717) is 0 Å². The van der Waals surface area contributed by atoms with Crippen molar-refractivity contribution in [2.24, 2.45) is 0 Å². The second-order valence-corrected chi connectivity index (χ2v) is 3.08. The van der Waals surface area contributed by atoms with Gasteiger partial charge in [0.25, 0.3) is 0 Å². The largest absolute Gasteiger partial charge is 0.504 e. The number of halogens is 1. The molecule has 1 heterocycles. The molecule has 0 saturated carbocycles. The number of hydrogen-bond acceptors (Lipinski definition) is 5. The first-order valence-corrected chi connectivity index (χ1v) is 4.27. The minimum atomic E-state index is -0.899. The Morgan fingerprint density at radius 1 is 1.44 bits per heavy atom. The Bertz CT molecular complexity index is 586. The maximum Gasteiger partial charge on any atom is 0.169 e. The first-order chi connectivity index (χ1) is 7.61. The summed E-state index contributed by atoms with van der Waals surface area (Å²) in [5, 5.41) is 21.3. The molecule has 6 heteroatoms. The maximum absolute atomic E-state index is 13.2. The van der Waals surface area contributed by atoms with Crippen LogP contribution in [0.15, 0.2) is 22.7 Å². The summed E-state index contributed by atoms with van der Waals surface area (Å²) in [5.74, 6) is -1.20. The molecule has 1 aromatic carbocycles. The van der Waals surface area contributed by atoms with Crippen molar-refractivity contribution < 1.29 is 14.0 Å². The molecule has 0 aliphatic heterocycles. The average molecular weight is 219 g/mol. The second-order valence-electron chi connectivity index (χ2n) is 3.08. The molecule has 0 spiro atoms. The lowest BCUT2D eigenvalue weighted by atomic mass is 10.1. The van der Waals surface area contributed by atoms with Gasteiger partial charge in [0.15, 0.2) is 23.1 Å². The number of nitrogens with two attached hydrogens (primary N) is 1. The van der Waals surface area contributed by atoms with E-state index in [1.54, 1.807) is 6.07 Å². The zero-order chi connectivity index (χ0) is 11.7. The summed E-state index contributed by atoms with van der Waals surface area (Å²) in [7, 11) is 0. The molecule has 2 rings (SSSR count). The fraction of sp³-hybridized carbons (Fsp3) is 0. The fourth-order valence-corrected chi connectivity index (χ4v) is 1.25. The number of benzene rings is 1. The van der Waals surface area contributed by atoms with E-state index in [1.165, 1.54) is 12.1 Å². The standard InChI is InChI=1S/C10H6FN3O2/c11-7-2-5(1-6(4-12)10(7)15)8-3-9(13)14-16-8/h1-3,15H,(H2,13,14). The van der Waals surface area contributed by atoms with E-state index in [4.69, 9.17) is 15.5 Å². The SMILES string of the molecule is N#Cc1cc(-c2cc(N)no2)cc(F)c1O. The van der Waals surface area contributed by atoms with E-state index < -0.39 is 11.6 Å². The van der Waals surface area contributed by atoms with E-state index >= 15 is 0 Å². The molecule has 0 bridgehead atoms. The fourth-order valence-electron chi connectivity index (χ4n) is 1.25. The molecule has 0 aliphatic carbocycles. The summed E-state index contributed by atoms with van der Waals surface area (Å²) < 4.78 is 18.0. The van der Waals surface area contributed by atoms with Crippen LogP contribution in [0.4, 0.5) is 10.2 Å². The summed E-state index contributed by atoms with van der Waals surface area (Å²) in [4.78, 5) is 0. The molecule has 0 aliphatic rings. The molecular weight excluding hydrogens is 213 g/mol. The Morgan fingerprint density at radius 3 is 2.75 bits per heavy atom. The molecular formula is C10H6FN3O2. The number of phenolic OH excluding ortho intramolecular Hbond substituents is 1. The summed E-state index contributed by atoms with van der Waals surface area (Å²) >= 11 is 0. The number of anilines is 1. The number of phenols is 1. The zero-order valence-corrected chi connectivity index (χ0v) is 7.94. The van der Waals surface area contributed by atoms with Crippen LogP contribution in [0.2, 0.25) is 0 Å². The van der Waals surface area contributed by atoms with Crippen LogP contribution in [0, 0.1) is 17.1 Å². The van der Waals surface area contributed by atoms with Crippen LogP contribution in [-0.4, -0.2) is 10.3 Å². The third-order valence-corrected chi connectivity index (χ3v) is 2.00. The van der Waals surface area contributed by atoms with Crippen LogP contribution in [0.1, 0.15) is 5.56 Å². The van der Waals surface area contributed by atoms with Crippen molar-refractivity contribution in [1.82, 2.24) is 5.16 Å². The van der Waals surface area contributed by atoms with Gasteiger partial charge in [-0.2, -0.15) is 5.26 Å². The monoisotopic (exact) mass is 219 g/mol. The van der Waals surface area contributed by atoms with Crippen LogP contribution >= 0.6 is 0 Å². The van der Waals surface area contributed by atoms with Gasteiger partial charge in [0, 0.05) is 11.6 Å². The number of aromatic hydroxyl groups is 1. The normalized spacial score (nSPS) is 10.0. The number of aromatic nitrogens is 1. The lowest BCUT2D eigenvalue weighted by Crippen LogP contribution is -1.85. The van der Waals surface area contributed by atoms with E-state index in [-0.39, 0.29) is 22.7 Å². The van der Waals surface area contributed by atoms with Gasteiger partial charge in [0.2, 0.25) is 0 Å². The molecule has 0 amide bonds. The van der Waals surface area contributed by atoms with Gasteiger partial charge in [-0.15, -0.1) is 0 Å². The molecule has 5 nitrogen and oxygen atoms in total. The highest BCUT2D eigenvalue weighted by Gasteiger charge is 2.13. The first-order valence-electron chi connectivity index (χ1n) is 4.27. The highest BCUT2D eigenvalue weighted by molar-refractivity contribution is 5.64. The number of nitriles is 1. The van der Waals surface area contributed by atoms with Crippen molar-refractivity contribution in [1.29, 1.82) is 5.26 Å². The van der Waals surface area contributed by atoms with Crippen LogP contribution in [0.3, 0.4) is 0 Å². The topological polar surface area (TPSA) is 96.1 Å². The molecule has 2 aromatic rings. The van der Waals surface area contributed by atoms with Crippen molar-refractivity contribution in [3.8, 4) is 23.1 Å². The minimum absolute atomic E-state index is 0.155. The van der Waals surface area contributed by atoms with E-state index in [9.17, 15) is 9.50 Å². The number of rotatable bonds is 1. The Balaban J connectivity index is 2.60. The molecule has 1 aromatic heterocycles. The number of hydrogen-bond donors (Lipinski definition) is 2. The van der Waals surface area contributed by atoms with Crippen LogP contribution in [-0.2, 0) is 0 Å². The highest BCUT2D eigenvalue weighted by Crippen LogP contribution is 2.29. The minimum Gasteiger partial charge on any atom is -0.504 e. The molecule has 0 atom stereocenters. The van der Waals surface area contributed by atoms with E-state index in [0.717, 1.165) is 6.07 Å². The van der Waals surface area contributed by atoms with Gasteiger partial charge in [0.1, 0.15) is 6.07 Å². The Hall–Kier alpha value is -2.55. The van der Waals surface area contributed by atoms with Crippen LogP contribution < -0.4 is 5.73 Å². The van der Waals surface area contributed by atoms with Crippen molar-refractivity contribution in [2.75, 3.05) is 5.73 Å². The van der Waals surface area contributed by atoms with E-state index in [2.05, 4.69) is 5.16 Å². The van der Waals surface area contributed by atoms with Gasteiger partial charge in [-0.25, -0.2) is 4.39 Å². The second kappa shape index (κ2) is 3.55. The van der Waals surface area contributed by atoms with Gasteiger partial charge in [-0.3, -0.25) is 0 Å². The third-order valence-electron chi connectivity index (χ3n) is 2.00. The molecule has 0 fully saturated rings. The van der Waals surface area contributed by atoms with Crippen LogP contribution in [0.25, 0.3) is 11.3 Å². The maximum atomic E-state index is 13.2. The first kappa shape index (κ1) is 9.98. The predicted molar refractivity (Wildman–Crippen MR) is 52.7 cm³/mol. The van der Waals surface area contributed by atoms with E-state index in [1.807, 2.05) is 0 Å². The van der Waals surface area contributed by atoms with Crippen molar-refractivity contribution in [3.05, 3.63) is 29.6 Å². The summed E-state index contributed by atoms with van der Waals surface area (Å²) in [6, 6.07) is 5.39. The van der Waals surface area contributed by atoms with Crippen molar-refractivity contribution in [2.45, 2.75) is 0 Å². The zero-order valence-electron chi connectivity index (χ0n) is 7.94.